The fourth-order valence-corrected chi connectivity index (χ4v) is 1.19. The van der Waals surface area contributed by atoms with Gasteiger partial charge in [0.05, 0.1) is 5.56 Å². The first-order chi connectivity index (χ1) is 5.66. The lowest BCUT2D eigenvalue weighted by molar-refractivity contribution is 0.0695. The van der Waals surface area contributed by atoms with Crippen LogP contribution in [-0.2, 0) is 0 Å². The molecule has 0 aromatic carbocycles. The molecule has 0 fully saturated rings. The first-order valence-electron chi connectivity index (χ1n) is 4.06. The van der Waals surface area contributed by atoms with E-state index in [1.54, 1.807) is 6.20 Å². The molecule has 2 N–H and O–H groups in total. The zero-order valence-corrected chi connectivity index (χ0v) is 7.29. The van der Waals surface area contributed by atoms with Crippen molar-refractivity contribution in [2.45, 2.75) is 26.2 Å². The molecule has 3 nitrogen and oxygen atoms in total. The SMILES string of the molecule is CCC(C)c1c[nH]cc1C(=O)O. The number of H-pyrrole nitrogens is 1. The Hall–Kier alpha value is -1.25. The molecule has 66 valence electrons. The first-order valence-corrected chi connectivity index (χ1v) is 4.06. The van der Waals surface area contributed by atoms with Gasteiger partial charge in [-0.05, 0) is 17.9 Å². The molecule has 0 aliphatic heterocycles. The Labute approximate surface area is 71.4 Å². The molecule has 0 saturated heterocycles. The molecule has 12 heavy (non-hydrogen) atoms. The average molecular weight is 167 g/mol. The molecule has 1 heterocycles. The van der Waals surface area contributed by atoms with Crippen molar-refractivity contribution in [2.75, 3.05) is 0 Å². The predicted octanol–water partition coefficient (Wildman–Crippen LogP) is 2.23. The van der Waals surface area contributed by atoms with Gasteiger partial charge in [-0.15, -0.1) is 0 Å². The van der Waals surface area contributed by atoms with Crippen molar-refractivity contribution >= 4 is 5.97 Å². The summed E-state index contributed by atoms with van der Waals surface area (Å²) in [5, 5.41) is 8.78. The third kappa shape index (κ3) is 1.49. The summed E-state index contributed by atoms with van der Waals surface area (Å²) in [7, 11) is 0. The van der Waals surface area contributed by atoms with E-state index in [1.165, 1.54) is 6.20 Å². The molecule has 1 unspecified atom stereocenters. The maximum absolute atomic E-state index is 10.7. The Morgan fingerprint density at radius 1 is 1.67 bits per heavy atom. The van der Waals surface area contributed by atoms with Gasteiger partial charge in [-0.1, -0.05) is 13.8 Å². The molecule has 0 saturated carbocycles. The first kappa shape index (κ1) is 8.84. The van der Waals surface area contributed by atoms with Crippen molar-refractivity contribution in [3.63, 3.8) is 0 Å². The van der Waals surface area contributed by atoms with Crippen molar-refractivity contribution in [1.29, 1.82) is 0 Å². The van der Waals surface area contributed by atoms with Crippen molar-refractivity contribution < 1.29 is 9.90 Å². The van der Waals surface area contributed by atoms with Crippen LogP contribution in [0, 0.1) is 0 Å². The number of carbonyl (C=O) groups is 1. The summed E-state index contributed by atoms with van der Waals surface area (Å²) in [5.74, 6) is -0.547. The van der Waals surface area contributed by atoms with Gasteiger partial charge < -0.3 is 10.1 Å². The number of aromatic carboxylic acids is 1. The molecule has 0 aliphatic carbocycles. The second-order valence-corrected chi connectivity index (χ2v) is 2.94. The fraction of sp³-hybridized carbons (Fsp3) is 0.444. The van der Waals surface area contributed by atoms with E-state index in [0.717, 1.165) is 12.0 Å². The van der Waals surface area contributed by atoms with E-state index in [9.17, 15) is 4.79 Å². The van der Waals surface area contributed by atoms with Crippen LogP contribution < -0.4 is 0 Å². The lowest BCUT2D eigenvalue weighted by atomic mass is 9.98. The molecule has 0 aliphatic rings. The number of rotatable bonds is 3. The third-order valence-corrected chi connectivity index (χ3v) is 2.15. The van der Waals surface area contributed by atoms with E-state index in [2.05, 4.69) is 4.98 Å². The number of carboxylic acid groups (broad SMARTS) is 1. The highest BCUT2D eigenvalue weighted by Crippen LogP contribution is 2.21. The molecular formula is C9H13NO2. The molecule has 1 aromatic heterocycles. The van der Waals surface area contributed by atoms with Gasteiger partial charge in [0, 0.05) is 12.4 Å². The van der Waals surface area contributed by atoms with Crippen LogP contribution in [0.4, 0.5) is 0 Å². The molecule has 0 bridgehead atoms. The monoisotopic (exact) mass is 167 g/mol. The summed E-state index contributed by atoms with van der Waals surface area (Å²) < 4.78 is 0. The van der Waals surface area contributed by atoms with Gasteiger partial charge in [0.1, 0.15) is 0 Å². The normalized spacial score (nSPS) is 12.8. The maximum atomic E-state index is 10.7. The minimum Gasteiger partial charge on any atom is -0.478 e. The van der Waals surface area contributed by atoms with Crippen molar-refractivity contribution in [2.24, 2.45) is 0 Å². The quantitative estimate of drug-likeness (QED) is 0.725. The Kier molecular flexibility index (Phi) is 2.53. The second-order valence-electron chi connectivity index (χ2n) is 2.94. The molecule has 0 spiro atoms. The zero-order valence-electron chi connectivity index (χ0n) is 7.29. The topological polar surface area (TPSA) is 53.1 Å². The lowest BCUT2D eigenvalue weighted by Gasteiger charge is -2.06. The Morgan fingerprint density at radius 3 is 2.83 bits per heavy atom. The van der Waals surface area contributed by atoms with Crippen LogP contribution in [0.2, 0.25) is 0 Å². The van der Waals surface area contributed by atoms with Crippen LogP contribution in [0.15, 0.2) is 12.4 Å². The zero-order chi connectivity index (χ0) is 9.14. The Morgan fingerprint density at radius 2 is 2.33 bits per heavy atom. The lowest BCUT2D eigenvalue weighted by Crippen LogP contribution is -2.01. The van der Waals surface area contributed by atoms with Crippen LogP contribution in [0.25, 0.3) is 0 Å². The fourth-order valence-electron chi connectivity index (χ4n) is 1.19. The summed E-state index contributed by atoms with van der Waals surface area (Å²) in [4.78, 5) is 13.5. The number of nitrogens with one attached hydrogen (secondary N) is 1. The van der Waals surface area contributed by atoms with Crippen LogP contribution in [0.5, 0.6) is 0 Å². The predicted molar refractivity (Wildman–Crippen MR) is 46.5 cm³/mol. The maximum Gasteiger partial charge on any atom is 0.337 e. The van der Waals surface area contributed by atoms with Crippen molar-refractivity contribution in [3.05, 3.63) is 23.5 Å². The largest absolute Gasteiger partial charge is 0.478 e. The van der Waals surface area contributed by atoms with Gasteiger partial charge in [-0.25, -0.2) is 4.79 Å². The highest BCUT2D eigenvalue weighted by Gasteiger charge is 2.14. The summed E-state index contributed by atoms with van der Waals surface area (Å²) in [6.45, 7) is 4.07. The molecular weight excluding hydrogens is 154 g/mol. The molecule has 1 atom stereocenters. The van der Waals surface area contributed by atoms with Gasteiger partial charge in [0.15, 0.2) is 0 Å². The van der Waals surface area contributed by atoms with E-state index in [0.29, 0.717) is 11.5 Å². The highest BCUT2D eigenvalue weighted by molar-refractivity contribution is 5.89. The minimum absolute atomic E-state index is 0.308. The third-order valence-electron chi connectivity index (χ3n) is 2.15. The molecule has 0 amide bonds. The van der Waals surface area contributed by atoms with E-state index in [4.69, 9.17) is 5.11 Å². The van der Waals surface area contributed by atoms with E-state index < -0.39 is 5.97 Å². The summed E-state index contributed by atoms with van der Waals surface area (Å²) in [5.41, 5.74) is 1.29. The van der Waals surface area contributed by atoms with Gasteiger partial charge >= 0.3 is 5.97 Å². The van der Waals surface area contributed by atoms with Gasteiger partial charge in [0.25, 0.3) is 0 Å². The Bertz CT molecular complexity index is 278. The second kappa shape index (κ2) is 3.43. The summed E-state index contributed by atoms with van der Waals surface area (Å²) >= 11 is 0. The molecule has 1 rings (SSSR count). The number of hydrogen-bond acceptors (Lipinski definition) is 1. The van der Waals surface area contributed by atoms with Gasteiger partial charge in [-0.2, -0.15) is 0 Å². The van der Waals surface area contributed by atoms with Crippen LogP contribution in [0.1, 0.15) is 42.1 Å². The molecule has 0 radical (unpaired) electrons. The minimum atomic E-state index is -0.855. The number of hydrogen-bond donors (Lipinski definition) is 2. The number of aromatic nitrogens is 1. The van der Waals surface area contributed by atoms with Crippen molar-refractivity contribution in [3.8, 4) is 0 Å². The Balaban J connectivity index is 2.98. The van der Waals surface area contributed by atoms with Crippen LogP contribution in [-0.4, -0.2) is 16.1 Å². The van der Waals surface area contributed by atoms with Crippen LogP contribution in [0.3, 0.4) is 0 Å². The van der Waals surface area contributed by atoms with E-state index in [1.807, 2.05) is 13.8 Å². The molecule has 1 aromatic rings. The standard InChI is InChI=1S/C9H13NO2/c1-3-6(2)7-4-10-5-8(7)9(11)12/h4-6,10H,3H2,1-2H3,(H,11,12). The summed E-state index contributed by atoms with van der Waals surface area (Å²) in [6.07, 6.45) is 4.25. The van der Waals surface area contributed by atoms with Gasteiger partial charge in [-0.3, -0.25) is 0 Å². The average Bonchev–Trinajstić information content (AvgIpc) is 2.50. The number of carboxylic acids is 1. The van der Waals surface area contributed by atoms with Crippen molar-refractivity contribution in [1.82, 2.24) is 4.98 Å². The van der Waals surface area contributed by atoms with Crippen LogP contribution >= 0.6 is 0 Å². The van der Waals surface area contributed by atoms with E-state index in [-0.39, 0.29) is 0 Å². The van der Waals surface area contributed by atoms with E-state index >= 15 is 0 Å². The highest BCUT2D eigenvalue weighted by atomic mass is 16.4. The molecule has 3 heteroatoms. The summed E-state index contributed by atoms with van der Waals surface area (Å²) in [6, 6.07) is 0. The smallest absolute Gasteiger partial charge is 0.337 e. The van der Waals surface area contributed by atoms with Gasteiger partial charge in [0.2, 0.25) is 0 Å². The number of aromatic amines is 1.